The van der Waals surface area contributed by atoms with Crippen molar-refractivity contribution in [3.05, 3.63) is 95.3 Å². The van der Waals surface area contributed by atoms with E-state index < -0.39 is 0 Å². The minimum Gasteiger partial charge on any atom is -0.423 e. The Labute approximate surface area is 232 Å². The molecule has 1 unspecified atom stereocenters. The van der Waals surface area contributed by atoms with E-state index in [-0.39, 0.29) is 6.04 Å². The number of fused-ring (bicyclic) bond motifs is 4. The summed E-state index contributed by atoms with van der Waals surface area (Å²) in [7, 11) is 0. The number of anilines is 1. The number of aromatic nitrogens is 4. The molecule has 0 aliphatic carbocycles. The molecule has 1 aliphatic heterocycles. The van der Waals surface area contributed by atoms with E-state index in [9.17, 15) is 0 Å². The van der Waals surface area contributed by atoms with Gasteiger partial charge in [-0.05, 0) is 55.8 Å². The Balaban J connectivity index is 1.58. The molecule has 0 amide bonds. The summed E-state index contributed by atoms with van der Waals surface area (Å²) in [6.45, 7) is 11.1. The number of benzene rings is 2. The second-order valence-electron chi connectivity index (χ2n) is 11.1. The van der Waals surface area contributed by atoms with E-state index in [4.69, 9.17) is 9.40 Å². The SMILES string of the molecule is CCC1c2nc(Cc3ccccc3)c(o2)N(Cc2ccccc2)Cc2cn(nn2)CCCCN1CCC(C)C. The van der Waals surface area contributed by atoms with Crippen LogP contribution in [0.3, 0.4) is 0 Å². The van der Waals surface area contributed by atoms with Crippen LogP contribution in [0.2, 0.25) is 0 Å². The summed E-state index contributed by atoms with van der Waals surface area (Å²) in [6, 6.07) is 21.3. The average molecular weight is 527 g/mol. The number of aryl methyl sites for hydroxylation is 1. The summed E-state index contributed by atoms with van der Waals surface area (Å²) in [5.74, 6) is 2.33. The maximum atomic E-state index is 6.82. The van der Waals surface area contributed by atoms with Gasteiger partial charge in [0.25, 0.3) is 0 Å². The normalized spacial score (nSPS) is 16.9. The Hall–Kier alpha value is -3.45. The lowest BCUT2D eigenvalue weighted by Gasteiger charge is -2.30. The van der Waals surface area contributed by atoms with Crippen molar-refractivity contribution in [3.8, 4) is 0 Å². The molecule has 0 fully saturated rings. The van der Waals surface area contributed by atoms with E-state index in [0.29, 0.717) is 19.0 Å². The summed E-state index contributed by atoms with van der Waals surface area (Å²) in [6.07, 6.45) is 7.11. The van der Waals surface area contributed by atoms with Gasteiger partial charge < -0.3 is 9.32 Å². The lowest BCUT2D eigenvalue weighted by Crippen LogP contribution is -2.31. The van der Waals surface area contributed by atoms with Crippen LogP contribution in [0, 0.1) is 5.92 Å². The molecule has 7 heteroatoms. The van der Waals surface area contributed by atoms with Gasteiger partial charge in [-0.25, -0.2) is 4.98 Å². The molecule has 0 spiro atoms. The molecule has 0 N–H and O–H groups in total. The van der Waals surface area contributed by atoms with Gasteiger partial charge in [0.15, 0.2) is 0 Å². The molecule has 4 bridgehead atoms. The molecular weight excluding hydrogens is 484 g/mol. The maximum Gasteiger partial charge on any atom is 0.220 e. The molecule has 5 rings (SSSR count). The fourth-order valence-electron chi connectivity index (χ4n) is 5.40. The molecule has 0 saturated carbocycles. The highest BCUT2D eigenvalue weighted by Gasteiger charge is 2.28. The van der Waals surface area contributed by atoms with E-state index in [1.165, 1.54) is 11.1 Å². The monoisotopic (exact) mass is 526 g/mol. The Morgan fingerprint density at radius 3 is 2.38 bits per heavy atom. The van der Waals surface area contributed by atoms with Crippen molar-refractivity contribution in [2.24, 2.45) is 5.92 Å². The van der Waals surface area contributed by atoms with Gasteiger partial charge in [0, 0.05) is 19.5 Å². The summed E-state index contributed by atoms with van der Waals surface area (Å²) in [4.78, 5) is 10.1. The Kier molecular flexibility index (Phi) is 9.09. The van der Waals surface area contributed by atoms with Crippen LogP contribution in [0.25, 0.3) is 0 Å². The standard InChI is InChI=1S/C32H42N6O/c1-4-30-31-33-29(21-26-13-7-5-8-14-26)32(39-31)37(22-27-15-9-6-10-16-27)23-28-24-38(35-34-28)19-12-11-18-36(30)20-17-25(2)3/h5-10,13-16,24-25,30H,4,11-12,17-23H2,1-3H3. The second kappa shape index (κ2) is 13.1. The highest BCUT2D eigenvalue weighted by Crippen LogP contribution is 2.34. The third-order valence-electron chi connectivity index (χ3n) is 7.54. The highest BCUT2D eigenvalue weighted by molar-refractivity contribution is 5.45. The maximum absolute atomic E-state index is 6.82. The Bertz CT molecular complexity index is 1280. The minimum absolute atomic E-state index is 0.152. The first-order valence-electron chi connectivity index (χ1n) is 14.5. The third kappa shape index (κ3) is 7.15. The largest absolute Gasteiger partial charge is 0.423 e. The van der Waals surface area contributed by atoms with Crippen LogP contribution < -0.4 is 4.90 Å². The quantitative estimate of drug-likeness (QED) is 0.256. The molecule has 1 atom stereocenters. The van der Waals surface area contributed by atoms with Crippen LogP contribution in [0.5, 0.6) is 0 Å². The van der Waals surface area contributed by atoms with Gasteiger partial charge in [-0.3, -0.25) is 9.58 Å². The Morgan fingerprint density at radius 2 is 1.67 bits per heavy atom. The van der Waals surface area contributed by atoms with Gasteiger partial charge in [0.2, 0.25) is 11.8 Å². The molecule has 0 saturated heterocycles. The predicted octanol–water partition coefficient (Wildman–Crippen LogP) is 6.66. The van der Waals surface area contributed by atoms with Crippen LogP contribution >= 0.6 is 0 Å². The highest BCUT2D eigenvalue weighted by atomic mass is 16.4. The molecular formula is C32H42N6O. The first kappa shape index (κ1) is 27.1. The number of oxazole rings is 1. The zero-order valence-electron chi connectivity index (χ0n) is 23.7. The number of hydrogen-bond acceptors (Lipinski definition) is 6. The summed E-state index contributed by atoms with van der Waals surface area (Å²) >= 11 is 0. The summed E-state index contributed by atoms with van der Waals surface area (Å²) in [5.41, 5.74) is 4.38. The van der Waals surface area contributed by atoms with Crippen molar-refractivity contribution in [2.75, 3.05) is 18.0 Å². The van der Waals surface area contributed by atoms with Crippen molar-refractivity contribution in [3.63, 3.8) is 0 Å². The molecule has 1 aliphatic rings. The summed E-state index contributed by atoms with van der Waals surface area (Å²) in [5, 5.41) is 8.98. The zero-order chi connectivity index (χ0) is 27.0. The van der Waals surface area contributed by atoms with Gasteiger partial charge in [0.05, 0.1) is 18.8 Å². The topological polar surface area (TPSA) is 63.2 Å². The number of nitrogens with zero attached hydrogens (tertiary/aromatic N) is 6. The van der Waals surface area contributed by atoms with E-state index in [1.54, 1.807) is 0 Å². The molecule has 2 aromatic heterocycles. The molecule has 2 aromatic carbocycles. The molecule has 7 nitrogen and oxygen atoms in total. The van der Waals surface area contributed by atoms with Crippen molar-refractivity contribution < 1.29 is 4.42 Å². The van der Waals surface area contributed by atoms with Gasteiger partial charge in [-0.1, -0.05) is 86.6 Å². The van der Waals surface area contributed by atoms with Crippen LogP contribution in [-0.2, 0) is 26.1 Å². The van der Waals surface area contributed by atoms with Gasteiger partial charge >= 0.3 is 0 Å². The smallest absolute Gasteiger partial charge is 0.220 e. The zero-order valence-corrected chi connectivity index (χ0v) is 23.7. The van der Waals surface area contributed by atoms with Crippen molar-refractivity contribution in [1.29, 1.82) is 0 Å². The van der Waals surface area contributed by atoms with E-state index in [2.05, 4.69) is 108 Å². The Morgan fingerprint density at radius 1 is 0.949 bits per heavy atom. The fourth-order valence-corrected chi connectivity index (χ4v) is 5.40. The van der Waals surface area contributed by atoms with Crippen LogP contribution in [0.1, 0.15) is 80.9 Å². The van der Waals surface area contributed by atoms with Crippen molar-refractivity contribution in [1.82, 2.24) is 24.9 Å². The van der Waals surface area contributed by atoms with Crippen LogP contribution in [0.4, 0.5) is 5.88 Å². The predicted molar refractivity (Wildman–Crippen MR) is 155 cm³/mol. The minimum atomic E-state index is 0.152. The van der Waals surface area contributed by atoms with E-state index in [0.717, 1.165) is 74.9 Å². The van der Waals surface area contributed by atoms with E-state index >= 15 is 0 Å². The van der Waals surface area contributed by atoms with Gasteiger partial charge in [0.1, 0.15) is 11.4 Å². The molecule has 4 aromatic rings. The average Bonchev–Trinajstić information content (AvgIpc) is 3.56. The second-order valence-corrected chi connectivity index (χ2v) is 11.1. The van der Waals surface area contributed by atoms with Gasteiger partial charge in [-0.15, -0.1) is 5.10 Å². The van der Waals surface area contributed by atoms with E-state index in [1.807, 2.05) is 4.68 Å². The molecule has 206 valence electrons. The lowest BCUT2D eigenvalue weighted by atomic mass is 10.1. The fraction of sp³-hybridized carbons (Fsp3) is 0.469. The van der Waals surface area contributed by atoms with Crippen LogP contribution in [-0.4, -0.2) is 38.0 Å². The lowest BCUT2D eigenvalue weighted by molar-refractivity contribution is 0.153. The molecule has 0 radical (unpaired) electrons. The number of hydrogen-bond donors (Lipinski definition) is 0. The first-order valence-corrected chi connectivity index (χ1v) is 14.5. The molecule has 3 heterocycles. The molecule has 39 heavy (non-hydrogen) atoms. The first-order chi connectivity index (χ1) is 19.1. The van der Waals surface area contributed by atoms with Crippen LogP contribution in [0.15, 0.2) is 71.3 Å². The third-order valence-corrected chi connectivity index (χ3v) is 7.54. The van der Waals surface area contributed by atoms with Gasteiger partial charge in [-0.2, -0.15) is 0 Å². The van der Waals surface area contributed by atoms with Crippen molar-refractivity contribution >= 4 is 5.88 Å². The number of rotatable bonds is 8. The summed E-state index contributed by atoms with van der Waals surface area (Å²) < 4.78 is 8.82. The van der Waals surface area contributed by atoms with Crippen molar-refractivity contribution in [2.45, 2.75) is 78.6 Å².